The van der Waals surface area contributed by atoms with Crippen LogP contribution in [0.5, 0.6) is 0 Å². The van der Waals surface area contributed by atoms with E-state index >= 15 is 0 Å². The summed E-state index contributed by atoms with van der Waals surface area (Å²) in [6, 6.07) is -0.956. The van der Waals surface area contributed by atoms with Crippen molar-refractivity contribution in [3.05, 3.63) is 0 Å². The van der Waals surface area contributed by atoms with Gasteiger partial charge in [0.25, 0.3) is 5.92 Å². The molecular formula is C13H24F2N2OS. The summed E-state index contributed by atoms with van der Waals surface area (Å²) >= 11 is 0. The van der Waals surface area contributed by atoms with Crippen molar-refractivity contribution in [2.45, 2.75) is 63.2 Å². The Morgan fingerprint density at radius 2 is 1.74 bits per heavy atom. The van der Waals surface area contributed by atoms with E-state index in [1.807, 2.05) is 0 Å². The van der Waals surface area contributed by atoms with Gasteiger partial charge in [-0.25, -0.2) is 17.7 Å². The molecule has 1 heterocycles. The first-order valence-electron chi connectivity index (χ1n) is 6.94. The molecule has 2 rings (SSSR count). The van der Waals surface area contributed by atoms with Crippen molar-refractivity contribution in [3.63, 3.8) is 0 Å². The summed E-state index contributed by atoms with van der Waals surface area (Å²) in [6.45, 7) is 6.96. The normalized spacial score (nSPS) is 31.5. The summed E-state index contributed by atoms with van der Waals surface area (Å²) in [6.07, 6.45) is 1.91. The Bertz CT molecular complexity index is 362. The summed E-state index contributed by atoms with van der Waals surface area (Å²) < 4.78 is 42.8. The zero-order valence-electron chi connectivity index (χ0n) is 11.9. The van der Waals surface area contributed by atoms with E-state index in [4.69, 9.17) is 0 Å². The number of piperidine rings is 1. The maximum Gasteiger partial charge on any atom is 0.264 e. The lowest BCUT2D eigenvalue weighted by Gasteiger charge is -2.41. The fraction of sp³-hybridized carbons (Fsp3) is 1.00. The predicted octanol–water partition coefficient (Wildman–Crippen LogP) is 2.21. The summed E-state index contributed by atoms with van der Waals surface area (Å²) in [5.74, 6) is -2.75. The van der Waals surface area contributed by atoms with Crippen molar-refractivity contribution in [2.75, 3.05) is 13.1 Å². The summed E-state index contributed by atoms with van der Waals surface area (Å²) in [5.41, 5.74) is -0.393. The lowest BCUT2D eigenvalue weighted by atomic mass is 9.74. The minimum atomic E-state index is -2.75. The van der Waals surface area contributed by atoms with E-state index in [0.29, 0.717) is 6.42 Å². The van der Waals surface area contributed by atoms with Crippen LogP contribution in [0.15, 0.2) is 0 Å². The maximum absolute atomic E-state index is 14.2. The summed E-state index contributed by atoms with van der Waals surface area (Å²) in [5, 5.41) is 3.22. The van der Waals surface area contributed by atoms with Crippen LogP contribution in [0.3, 0.4) is 0 Å². The third-order valence-corrected chi connectivity index (χ3v) is 5.93. The van der Waals surface area contributed by atoms with Crippen molar-refractivity contribution < 1.29 is 13.0 Å². The van der Waals surface area contributed by atoms with Crippen molar-refractivity contribution in [3.8, 4) is 0 Å². The predicted molar refractivity (Wildman–Crippen MR) is 73.5 cm³/mol. The van der Waals surface area contributed by atoms with Crippen LogP contribution >= 0.6 is 0 Å². The summed E-state index contributed by atoms with van der Waals surface area (Å²) in [7, 11) is -1.45. The Hall–Kier alpha value is -0.0700. The average molecular weight is 294 g/mol. The highest BCUT2D eigenvalue weighted by atomic mass is 32.2. The fourth-order valence-electron chi connectivity index (χ4n) is 3.11. The van der Waals surface area contributed by atoms with Crippen LogP contribution in [0.1, 0.15) is 46.5 Å². The van der Waals surface area contributed by atoms with Gasteiger partial charge < -0.3 is 5.32 Å². The number of nitrogens with one attached hydrogen (secondary N) is 2. The van der Waals surface area contributed by atoms with Gasteiger partial charge in [0.15, 0.2) is 0 Å². The second kappa shape index (κ2) is 5.04. The number of halogens is 2. The highest BCUT2D eigenvalue weighted by molar-refractivity contribution is 7.84. The summed E-state index contributed by atoms with van der Waals surface area (Å²) in [4.78, 5) is 0. The molecule has 2 fully saturated rings. The molecule has 6 heteroatoms. The number of rotatable bonds is 2. The Balaban J connectivity index is 2.19. The van der Waals surface area contributed by atoms with Crippen molar-refractivity contribution >= 4 is 11.0 Å². The molecule has 1 aliphatic carbocycles. The van der Waals surface area contributed by atoms with Gasteiger partial charge >= 0.3 is 0 Å². The van der Waals surface area contributed by atoms with Gasteiger partial charge in [0.2, 0.25) is 0 Å². The Morgan fingerprint density at radius 1 is 1.16 bits per heavy atom. The first-order chi connectivity index (χ1) is 8.67. The average Bonchev–Trinajstić information content (AvgIpc) is 2.54. The number of hydrogen-bond donors (Lipinski definition) is 2. The third kappa shape index (κ3) is 3.00. The van der Waals surface area contributed by atoms with Crippen LogP contribution in [0.4, 0.5) is 8.78 Å². The zero-order chi connectivity index (χ0) is 14.3. The fourth-order valence-corrected chi connectivity index (χ4v) is 4.10. The highest BCUT2D eigenvalue weighted by Crippen LogP contribution is 2.52. The van der Waals surface area contributed by atoms with Gasteiger partial charge in [-0.05, 0) is 58.5 Å². The molecular weight excluding hydrogens is 270 g/mol. The van der Waals surface area contributed by atoms with Crippen molar-refractivity contribution in [1.82, 2.24) is 10.0 Å². The molecule has 1 saturated heterocycles. The van der Waals surface area contributed by atoms with Gasteiger partial charge in [-0.1, -0.05) is 0 Å². The smallest absolute Gasteiger partial charge is 0.264 e. The largest absolute Gasteiger partial charge is 0.317 e. The Kier molecular flexibility index (Phi) is 4.06. The SMILES string of the molecule is CC(C)(C)[S@](=O)N[C@H]1C(F)(F)CCC12CCNCC2. The lowest BCUT2D eigenvalue weighted by Crippen LogP contribution is -2.56. The van der Waals surface area contributed by atoms with Crippen molar-refractivity contribution in [1.29, 1.82) is 0 Å². The molecule has 0 unspecified atom stereocenters. The second-order valence-corrected chi connectivity index (χ2v) is 8.80. The molecule has 0 amide bonds. The minimum absolute atomic E-state index is 0.0913. The molecule has 0 radical (unpaired) electrons. The maximum atomic E-state index is 14.2. The van der Waals surface area contributed by atoms with Crippen LogP contribution in [0.2, 0.25) is 0 Å². The molecule has 112 valence electrons. The molecule has 1 aliphatic heterocycles. The first-order valence-corrected chi connectivity index (χ1v) is 8.09. The molecule has 0 aromatic heterocycles. The molecule has 3 nitrogen and oxygen atoms in total. The van der Waals surface area contributed by atoms with Gasteiger partial charge in [-0.2, -0.15) is 0 Å². The molecule has 1 saturated carbocycles. The third-order valence-electron chi connectivity index (χ3n) is 4.37. The van der Waals surface area contributed by atoms with Gasteiger partial charge in [0.1, 0.15) is 0 Å². The monoisotopic (exact) mass is 294 g/mol. The van der Waals surface area contributed by atoms with Gasteiger partial charge in [-0.15, -0.1) is 0 Å². The van der Waals surface area contributed by atoms with Gasteiger partial charge in [-0.3, -0.25) is 0 Å². The van der Waals surface area contributed by atoms with E-state index in [9.17, 15) is 13.0 Å². The van der Waals surface area contributed by atoms with Crippen LogP contribution in [0, 0.1) is 5.41 Å². The lowest BCUT2D eigenvalue weighted by molar-refractivity contribution is -0.0348. The highest BCUT2D eigenvalue weighted by Gasteiger charge is 2.59. The van der Waals surface area contributed by atoms with Gasteiger partial charge in [0.05, 0.1) is 21.8 Å². The van der Waals surface area contributed by atoms with E-state index in [1.165, 1.54) is 0 Å². The van der Waals surface area contributed by atoms with E-state index in [-0.39, 0.29) is 6.42 Å². The molecule has 0 aromatic carbocycles. The molecule has 2 N–H and O–H groups in total. The number of alkyl halides is 2. The quantitative estimate of drug-likeness (QED) is 0.820. The topological polar surface area (TPSA) is 41.1 Å². The van der Waals surface area contributed by atoms with E-state index < -0.39 is 33.1 Å². The Labute approximate surface area is 116 Å². The van der Waals surface area contributed by atoms with Crippen LogP contribution < -0.4 is 10.0 Å². The Morgan fingerprint density at radius 3 is 2.26 bits per heavy atom. The molecule has 0 bridgehead atoms. The molecule has 19 heavy (non-hydrogen) atoms. The molecule has 2 atom stereocenters. The van der Waals surface area contributed by atoms with E-state index in [0.717, 1.165) is 25.9 Å². The van der Waals surface area contributed by atoms with E-state index in [2.05, 4.69) is 10.0 Å². The molecule has 0 aromatic rings. The van der Waals surface area contributed by atoms with Crippen molar-refractivity contribution in [2.24, 2.45) is 5.41 Å². The molecule has 1 spiro atoms. The van der Waals surface area contributed by atoms with Crippen LogP contribution in [0.25, 0.3) is 0 Å². The zero-order valence-corrected chi connectivity index (χ0v) is 12.7. The van der Waals surface area contributed by atoms with Gasteiger partial charge in [0, 0.05) is 6.42 Å². The van der Waals surface area contributed by atoms with Crippen LogP contribution in [-0.2, 0) is 11.0 Å². The van der Waals surface area contributed by atoms with E-state index in [1.54, 1.807) is 20.8 Å². The standard InChI is InChI=1S/C13H24F2N2OS/c1-11(2,3)19(18)17-10-12(4-5-13(10,14)15)6-8-16-9-7-12/h10,16-17H,4-9H2,1-3H3/t10-,19+/m1/s1. The first kappa shape index (κ1) is 15.3. The molecule has 2 aliphatic rings. The second-order valence-electron chi connectivity index (χ2n) is 6.81. The number of hydrogen-bond acceptors (Lipinski definition) is 2. The van der Waals surface area contributed by atoms with Crippen LogP contribution in [-0.4, -0.2) is 34.0 Å². The minimum Gasteiger partial charge on any atom is -0.317 e.